The van der Waals surface area contributed by atoms with E-state index in [1.165, 1.54) is 0 Å². The number of hydrogen-bond acceptors (Lipinski definition) is 8. The van der Waals surface area contributed by atoms with Crippen LogP contribution in [0, 0.1) is 0 Å². The summed E-state index contributed by atoms with van der Waals surface area (Å²) in [6, 6.07) is 23.7. The molecule has 300 valence electrons. The van der Waals surface area contributed by atoms with E-state index in [0.717, 1.165) is 55.8 Å². The van der Waals surface area contributed by atoms with E-state index in [4.69, 9.17) is 39.9 Å². The second-order valence-electron chi connectivity index (χ2n) is 18.5. The van der Waals surface area contributed by atoms with E-state index in [9.17, 15) is 19.8 Å². The van der Waals surface area contributed by atoms with E-state index in [1.54, 1.807) is 18.2 Å². The minimum absolute atomic E-state index is 0. The maximum atomic E-state index is 11.8. The minimum Gasteiger partial charge on any atom is -0.477 e. The van der Waals surface area contributed by atoms with Crippen molar-refractivity contribution in [2.75, 3.05) is 0 Å². The van der Waals surface area contributed by atoms with Crippen LogP contribution in [0.4, 0.5) is 0 Å². The van der Waals surface area contributed by atoms with Gasteiger partial charge in [-0.2, -0.15) is 0 Å². The van der Waals surface area contributed by atoms with Crippen LogP contribution in [0.1, 0.15) is 84.6 Å². The van der Waals surface area contributed by atoms with Crippen molar-refractivity contribution in [2.24, 2.45) is 0 Å². The molecule has 2 N–H and O–H groups in total. The van der Waals surface area contributed by atoms with Gasteiger partial charge in [-0.05, 0) is 90.4 Å². The summed E-state index contributed by atoms with van der Waals surface area (Å²) in [6.07, 6.45) is 1.11. The second-order valence-corrected chi connectivity index (χ2v) is 18.5. The first-order valence-electron chi connectivity index (χ1n) is 19.7. The van der Waals surface area contributed by atoms with Gasteiger partial charge in [-0.15, -0.1) is 0 Å². The number of nitrogens with zero attached hydrogens (tertiary/aromatic N) is 8. The van der Waals surface area contributed by atoms with Crippen LogP contribution in [0.5, 0.6) is 0 Å². The van der Waals surface area contributed by atoms with E-state index in [0.29, 0.717) is 56.6 Å². The van der Waals surface area contributed by atoms with Gasteiger partial charge in [-0.25, -0.2) is 19.6 Å². The molecule has 4 aromatic carbocycles. The van der Waals surface area contributed by atoms with Crippen LogP contribution in [0.25, 0.3) is 95.8 Å². The summed E-state index contributed by atoms with van der Waals surface area (Å²) in [6.45, 7) is 19.4. The Hall–Kier alpha value is -6.46. The third-order valence-electron chi connectivity index (χ3n) is 11.1. The van der Waals surface area contributed by atoms with Crippen LogP contribution in [0.15, 0.2) is 78.4 Å². The first-order chi connectivity index (χ1) is 28.2. The Kier molecular flexibility index (Phi) is 9.70. The Bertz CT molecular complexity index is 3200. The third-order valence-corrected chi connectivity index (χ3v) is 11.1. The molecule has 5 heterocycles. The van der Waals surface area contributed by atoms with E-state index < -0.39 is 17.5 Å². The molecule has 61 heavy (non-hydrogen) atoms. The maximum absolute atomic E-state index is 11.8. The van der Waals surface area contributed by atoms with Crippen molar-refractivity contribution in [3.05, 3.63) is 101 Å². The van der Waals surface area contributed by atoms with Gasteiger partial charge >= 0.3 is 31.4 Å². The van der Waals surface area contributed by atoms with Crippen LogP contribution in [-0.2, 0) is 45.3 Å². The van der Waals surface area contributed by atoms with Crippen molar-refractivity contribution < 1.29 is 39.3 Å². The molecule has 2 aliphatic heterocycles. The van der Waals surface area contributed by atoms with Crippen molar-refractivity contribution in [1.29, 1.82) is 0 Å². The smallest absolute Gasteiger partial charge is 0.477 e. The standard InChI is InChI=1S/C48H44N8O4.Zn/c1-46(2,3)24-11-15-28-32(20-24)42-52-37(28)50-40-31-18-23(19-35(44(57)58)45(59)60)10-14-27(31)36(49-40)51-41-33-21-25(47(4,5)6)12-16-29(33)38(53-41)55-43-34-22-26(48(7,8)9)13-17-30(34)39(54-42)56-43;/h10-22H,1-9H3,(H4,49,50,51,52,53,54,55,56,57,58,59,60);/q;+2/p-2. The zero-order valence-corrected chi connectivity index (χ0v) is 38.5. The fourth-order valence-electron chi connectivity index (χ4n) is 7.55. The summed E-state index contributed by atoms with van der Waals surface area (Å²) in [5, 5.41) is 22.0. The zero-order valence-electron chi connectivity index (χ0n) is 35.5. The molecular weight excluding hydrogens is 818 g/mol. The van der Waals surface area contributed by atoms with Gasteiger partial charge in [-0.3, -0.25) is 0 Å². The predicted octanol–water partition coefficient (Wildman–Crippen LogP) is 9.57. The molecule has 0 aliphatic carbocycles. The molecule has 13 heteroatoms. The number of hydrogen-bond donors (Lipinski definition) is 2. The van der Waals surface area contributed by atoms with Crippen LogP contribution >= 0.6 is 0 Å². The largest absolute Gasteiger partial charge is 2.00 e. The molecule has 0 saturated heterocycles. The number of carboxylic acid groups (broad SMARTS) is 2. The first-order valence-corrected chi connectivity index (χ1v) is 19.7. The fraction of sp³-hybridized carbons (Fsp3) is 0.250. The Morgan fingerprint density at radius 3 is 1.25 bits per heavy atom. The molecule has 0 unspecified atom stereocenters. The number of carbonyl (C=O) groups is 2. The summed E-state index contributed by atoms with van der Waals surface area (Å²) in [5.74, 6) is -1.47. The normalized spacial score (nSPS) is 12.5. The summed E-state index contributed by atoms with van der Waals surface area (Å²) >= 11 is 0. The van der Waals surface area contributed by atoms with Gasteiger partial charge in [0.15, 0.2) is 0 Å². The molecule has 7 aromatic rings. The molecule has 3 aromatic heterocycles. The summed E-state index contributed by atoms with van der Waals surface area (Å²) in [7, 11) is 0. The Morgan fingerprint density at radius 2 is 0.820 bits per heavy atom. The van der Waals surface area contributed by atoms with Gasteiger partial charge in [0.05, 0.1) is 23.3 Å². The Morgan fingerprint density at radius 1 is 0.459 bits per heavy atom. The number of aliphatic carboxylic acids is 2. The average molecular weight is 860 g/mol. The van der Waals surface area contributed by atoms with E-state index in [2.05, 4.69) is 98.7 Å². The van der Waals surface area contributed by atoms with Crippen molar-refractivity contribution in [1.82, 2.24) is 39.9 Å². The summed E-state index contributed by atoms with van der Waals surface area (Å²) in [5.41, 5.74) is 6.98. The topological polar surface area (TPSA) is 180 Å². The number of aromatic nitrogens is 8. The molecule has 0 radical (unpaired) electrons. The molecule has 0 atom stereocenters. The zero-order chi connectivity index (χ0) is 42.6. The molecule has 0 fully saturated rings. The maximum Gasteiger partial charge on any atom is 2.00 e. The van der Waals surface area contributed by atoms with Crippen molar-refractivity contribution in [2.45, 2.75) is 78.6 Å². The van der Waals surface area contributed by atoms with Crippen LogP contribution in [-0.4, -0.2) is 52.1 Å². The molecule has 0 spiro atoms. The monoisotopic (exact) mass is 858 g/mol. The van der Waals surface area contributed by atoms with E-state index in [-0.39, 0.29) is 41.4 Å². The number of fused-ring (bicyclic) bond motifs is 20. The fourth-order valence-corrected chi connectivity index (χ4v) is 7.55. The SMILES string of the molecule is CC(C)(C)c1ccc2c(c1)-c1nc-2nc2[n-]c(nc3nc(nc4[n-]c(n1)c1ccc(C=C(C(=O)O)C(=O)O)cc41)-c1ccc(C(C)(C)C)cc1-3)c1ccc(C(C)(C)C)cc21.[Zn+2]. The quantitative estimate of drug-likeness (QED) is 0.0745. The first kappa shape index (κ1) is 41.3. The van der Waals surface area contributed by atoms with Crippen molar-refractivity contribution in [3.8, 4) is 45.6 Å². The third kappa shape index (κ3) is 7.31. The minimum atomic E-state index is -1.56. The Labute approximate surface area is 364 Å². The van der Waals surface area contributed by atoms with Gasteiger partial charge in [0, 0.05) is 44.8 Å². The summed E-state index contributed by atoms with van der Waals surface area (Å²) < 4.78 is 0. The number of rotatable bonds is 3. The van der Waals surface area contributed by atoms with E-state index >= 15 is 0 Å². The van der Waals surface area contributed by atoms with Crippen LogP contribution < -0.4 is 9.97 Å². The van der Waals surface area contributed by atoms with Crippen LogP contribution in [0.2, 0.25) is 0 Å². The van der Waals surface area contributed by atoms with Gasteiger partial charge in [0.2, 0.25) is 0 Å². The molecule has 2 aliphatic rings. The number of carboxylic acids is 2. The van der Waals surface area contributed by atoms with Crippen LogP contribution in [0.3, 0.4) is 0 Å². The van der Waals surface area contributed by atoms with Gasteiger partial charge < -0.3 is 40.1 Å². The molecule has 0 amide bonds. The van der Waals surface area contributed by atoms with E-state index in [1.807, 2.05) is 18.2 Å². The van der Waals surface area contributed by atoms with Gasteiger partial charge in [0.25, 0.3) is 0 Å². The van der Waals surface area contributed by atoms with Crippen molar-refractivity contribution >= 4 is 62.1 Å². The molecular formula is C48H42N8O4Zn. The number of benzene rings is 4. The van der Waals surface area contributed by atoms with Gasteiger partial charge in [-0.1, -0.05) is 111 Å². The predicted molar refractivity (Wildman–Crippen MR) is 233 cm³/mol. The molecule has 9 rings (SSSR count). The summed E-state index contributed by atoms with van der Waals surface area (Å²) in [4.78, 5) is 64.3. The van der Waals surface area contributed by atoms with Gasteiger partial charge in [0.1, 0.15) is 5.57 Å². The second kappa shape index (κ2) is 14.3. The molecule has 8 bridgehead atoms. The molecule has 12 nitrogen and oxygen atoms in total. The Balaban J connectivity index is 0.00000514. The van der Waals surface area contributed by atoms with Crippen molar-refractivity contribution in [3.63, 3.8) is 0 Å². The molecule has 0 saturated carbocycles. The average Bonchev–Trinajstić information content (AvgIpc) is 3.90.